The van der Waals surface area contributed by atoms with E-state index in [9.17, 15) is 53.1 Å². The van der Waals surface area contributed by atoms with Crippen molar-refractivity contribution in [3.05, 3.63) is 35.9 Å². The van der Waals surface area contributed by atoms with Crippen molar-refractivity contribution < 1.29 is 53.1 Å². The van der Waals surface area contributed by atoms with Crippen molar-refractivity contribution in [1.29, 1.82) is 0 Å². The topological polar surface area (TPSA) is 343 Å². The number of hydrogen-bond acceptors (Lipinski definition) is 14. The monoisotopic (exact) mass is 1110 g/mol. The van der Waals surface area contributed by atoms with Crippen molar-refractivity contribution in [3.63, 3.8) is 0 Å². The number of benzene rings is 1. The van der Waals surface area contributed by atoms with Gasteiger partial charge < -0.3 is 49.3 Å². The first kappa shape index (κ1) is 71.8. The summed E-state index contributed by atoms with van der Waals surface area (Å²) in [5, 5.41) is 21.1. The van der Waals surface area contributed by atoms with Crippen LogP contribution in [0.4, 0.5) is 0 Å². The number of primary amides is 1. The number of rotatable bonds is 45. The minimum Gasteiger partial charge on any atom is -0.396 e. The fourth-order valence-electron chi connectivity index (χ4n) is 9.90. The molecule has 0 heterocycles. The molecule has 1 rings (SSSR count). The number of nitrogens with two attached hydrogens (primary N) is 4. The van der Waals surface area contributed by atoms with E-state index in [4.69, 9.17) is 22.9 Å². The average Bonchev–Trinajstić information content (AvgIpc) is 3.38. The van der Waals surface area contributed by atoms with Crippen LogP contribution in [-0.4, -0.2) is 114 Å². The Kier molecular flexibility index (Phi) is 35.6. The zero-order valence-electron chi connectivity index (χ0n) is 49.3. The molecule has 0 unspecified atom stereocenters. The third-order valence-electron chi connectivity index (χ3n) is 14.6. The summed E-state index contributed by atoms with van der Waals surface area (Å²) in [5.41, 5.74) is 24.0. The molecule has 0 aliphatic heterocycles. The van der Waals surface area contributed by atoms with Crippen molar-refractivity contribution in [2.75, 3.05) is 26.2 Å². The number of hydrogen-bond donors (Lipinski definition) is 9. The van der Waals surface area contributed by atoms with Crippen LogP contribution in [0.5, 0.6) is 0 Å². The van der Waals surface area contributed by atoms with Crippen LogP contribution in [0.1, 0.15) is 177 Å². The normalized spacial score (nSPS) is 15.4. The van der Waals surface area contributed by atoms with E-state index >= 15 is 0 Å². The number of carbonyl (C=O) groups is 10. The average molecular weight is 1110 g/mol. The van der Waals surface area contributed by atoms with Crippen LogP contribution in [0.2, 0.25) is 0 Å². The maximum absolute atomic E-state index is 14.6. The molecule has 5 amide bonds. The summed E-state index contributed by atoms with van der Waals surface area (Å²) in [6.45, 7) is 16.6. The van der Waals surface area contributed by atoms with E-state index in [2.05, 4.69) is 28.2 Å². The highest BCUT2D eigenvalue weighted by Gasteiger charge is 2.37. The van der Waals surface area contributed by atoms with Gasteiger partial charge in [-0.15, -0.1) is 0 Å². The van der Waals surface area contributed by atoms with Gasteiger partial charge in [0.15, 0.2) is 23.1 Å². The first-order chi connectivity index (χ1) is 37.3. The second kappa shape index (κ2) is 39.2. The molecule has 0 saturated heterocycles. The number of aliphatic hydroxyl groups excluding tert-OH is 1. The molecule has 1 aromatic carbocycles. The van der Waals surface area contributed by atoms with E-state index < -0.39 is 113 Å². The maximum Gasteiger partial charge on any atom is 0.224 e. The lowest BCUT2D eigenvalue weighted by Crippen LogP contribution is -2.50. The Morgan fingerprint density at radius 2 is 0.937 bits per heavy atom. The van der Waals surface area contributed by atoms with Crippen LogP contribution >= 0.6 is 0 Å². The Hall–Kier alpha value is -5.24. The van der Waals surface area contributed by atoms with Crippen molar-refractivity contribution in [2.24, 2.45) is 76.2 Å². The first-order valence-corrected chi connectivity index (χ1v) is 29.2. The smallest absolute Gasteiger partial charge is 0.224 e. The highest BCUT2D eigenvalue weighted by atomic mass is 16.3. The molecule has 1 aromatic rings. The molecule has 19 nitrogen and oxygen atoms in total. The first-order valence-electron chi connectivity index (χ1n) is 29.2. The lowest BCUT2D eigenvalue weighted by molar-refractivity contribution is -0.136. The van der Waals surface area contributed by atoms with E-state index in [0.29, 0.717) is 12.8 Å². The summed E-state index contributed by atoms with van der Waals surface area (Å²) in [6.07, 6.45) is 4.45. The number of Topliss-reactive ketones (excluding diaryl/α,β-unsaturated/α-hetero) is 5. The molecular formula is C60H102N8O11. The number of ketones is 5. The fraction of sp³-hybridized carbons (Fsp3) is 0.733. The highest BCUT2D eigenvalue weighted by molar-refractivity contribution is 5.98. The molecule has 0 spiro atoms. The Morgan fingerprint density at radius 1 is 0.494 bits per heavy atom. The number of unbranched alkanes of at least 4 members (excludes halogenated alkanes) is 3. The van der Waals surface area contributed by atoms with Gasteiger partial charge in [-0.05, 0) is 100 Å². The highest BCUT2D eigenvalue weighted by Crippen LogP contribution is 2.24. The van der Waals surface area contributed by atoms with Crippen molar-refractivity contribution in [3.8, 4) is 0 Å². The molecule has 0 saturated carbocycles. The summed E-state index contributed by atoms with van der Waals surface area (Å²) in [6, 6.07) is 4.73. The largest absolute Gasteiger partial charge is 0.396 e. The van der Waals surface area contributed by atoms with Gasteiger partial charge in [-0.2, -0.15) is 0 Å². The van der Waals surface area contributed by atoms with Gasteiger partial charge in [-0.3, -0.25) is 47.9 Å². The van der Waals surface area contributed by atoms with Gasteiger partial charge >= 0.3 is 0 Å². The molecule has 19 heteroatoms. The van der Waals surface area contributed by atoms with Gasteiger partial charge in [0.2, 0.25) is 29.5 Å². The van der Waals surface area contributed by atoms with Gasteiger partial charge in [-0.25, -0.2) is 0 Å². The second-order valence-corrected chi connectivity index (χ2v) is 23.2. The van der Waals surface area contributed by atoms with Gasteiger partial charge in [0, 0.05) is 62.2 Å². The van der Waals surface area contributed by atoms with Crippen LogP contribution in [0.3, 0.4) is 0 Å². The van der Waals surface area contributed by atoms with E-state index in [1.807, 2.05) is 61.5 Å². The van der Waals surface area contributed by atoms with E-state index in [0.717, 1.165) is 31.2 Å². The van der Waals surface area contributed by atoms with Gasteiger partial charge in [-0.1, -0.05) is 118 Å². The van der Waals surface area contributed by atoms with E-state index in [1.54, 1.807) is 24.3 Å². The number of aliphatic hydroxyl groups is 1. The molecular weight excluding hydrogens is 1010 g/mol. The molecule has 0 aliphatic carbocycles. The Morgan fingerprint density at radius 3 is 1.42 bits per heavy atom. The maximum atomic E-state index is 14.6. The van der Waals surface area contributed by atoms with Crippen LogP contribution < -0.4 is 44.2 Å². The minimum atomic E-state index is -1.15. The van der Waals surface area contributed by atoms with Crippen LogP contribution in [0, 0.1) is 53.3 Å². The van der Waals surface area contributed by atoms with Crippen LogP contribution in [-0.2, 0) is 54.4 Å². The Bertz CT molecular complexity index is 2070. The van der Waals surface area contributed by atoms with E-state index in [-0.39, 0.29) is 126 Å². The number of carbonyl (C=O) groups excluding carboxylic acids is 10. The molecule has 0 fully saturated rings. The summed E-state index contributed by atoms with van der Waals surface area (Å²) in [4.78, 5) is 138. The van der Waals surface area contributed by atoms with Crippen molar-refractivity contribution in [2.45, 2.75) is 202 Å². The molecule has 10 atom stereocenters. The van der Waals surface area contributed by atoms with Crippen LogP contribution in [0.15, 0.2) is 30.3 Å². The minimum absolute atomic E-state index is 0.000446. The predicted molar refractivity (Wildman–Crippen MR) is 307 cm³/mol. The lowest BCUT2D eigenvalue weighted by Gasteiger charge is -2.28. The molecule has 79 heavy (non-hydrogen) atoms. The van der Waals surface area contributed by atoms with Gasteiger partial charge in [0.25, 0.3) is 0 Å². The standard InChI is InChI=1S/C60H102N8O11/c1-10-12-13-17-20-47(70)31-42(21-24-61)58(77)68-55(40(9)11-2)54(74)32-43(22-25-62)57(76)67-50(30-41-18-15-14-16-19-41)52(72)34-45(28-38(5)6)59(78)65-48(23-26-63)51(71)33-44(27-37(3)4)60(79)66-49(29-39(7)8)53(73)35-46(36-69)56(64)75/h14-16,18-19,37-40,42-46,48-50,55,69H,10-13,17,20-36,61-63H2,1-9H3,(H2,64,75)(H,65,78)(H,66,79)(H,67,76)(H,68,77)/t40-,42+,43+,44-,45+,46-,48-,49-,50+,55-/m0/s1. The number of amides is 5. The lowest BCUT2D eigenvalue weighted by atomic mass is 9.86. The third-order valence-corrected chi connectivity index (χ3v) is 14.6. The fourth-order valence-corrected chi connectivity index (χ4v) is 9.90. The van der Waals surface area contributed by atoms with E-state index in [1.165, 1.54) is 0 Å². The second-order valence-electron chi connectivity index (χ2n) is 23.2. The molecule has 0 radical (unpaired) electrons. The zero-order valence-corrected chi connectivity index (χ0v) is 49.3. The summed E-state index contributed by atoms with van der Waals surface area (Å²) >= 11 is 0. The molecule has 13 N–H and O–H groups in total. The molecule has 0 aliphatic rings. The molecule has 448 valence electrons. The molecule has 0 bridgehead atoms. The van der Waals surface area contributed by atoms with Crippen molar-refractivity contribution in [1.82, 2.24) is 21.3 Å². The number of nitrogens with one attached hydrogen (secondary N) is 4. The summed E-state index contributed by atoms with van der Waals surface area (Å²) in [7, 11) is 0. The quantitative estimate of drug-likeness (QED) is 0.0399. The predicted octanol–water partition coefficient (Wildman–Crippen LogP) is 4.72. The summed E-state index contributed by atoms with van der Waals surface area (Å²) < 4.78 is 0. The van der Waals surface area contributed by atoms with Crippen molar-refractivity contribution >= 4 is 58.5 Å². The SMILES string of the molecule is CCCCCCC(=O)C[C@@H](CCN)C(=O)N[C@H](C(=O)C[C@@H](CCN)C(=O)N[C@H](Cc1ccccc1)C(=O)C[C@@H](CC(C)C)C(=O)N[C@@H](CCN)C(=O)C[C@H](CC(C)C)C(=O)N[C@@H](CC(C)C)C(=O)C[C@@H](CO)C(N)=O)[C@@H](C)CC. The Balaban J connectivity index is 3.50. The molecule has 0 aromatic heterocycles. The van der Waals surface area contributed by atoms with Crippen LogP contribution in [0.25, 0.3) is 0 Å². The summed E-state index contributed by atoms with van der Waals surface area (Å²) in [5.74, 6) is -10.1. The van der Waals surface area contributed by atoms with Gasteiger partial charge in [0.05, 0.1) is 36.7 Å². The van der Waals surface area contributed by atoms with Gasteiger partial charge in [0.1, 0.15) is 5.78 Å². The zero-order chi connectivity index (χ0) is 59.8. The third kappa shape index (κ3) is 28.2. The Labute approximate surface area is 471 Å².